The van der Waals surface area contributed by atoms with Crippen molar-refractivity contribution in [3.05, 3.63) is 59.8 Å². The first-order chi connectivity index (χ1) is 16.7. The first-order valence-corrected chi connectivity index (χ1v) is 11.1. The molecule has 8 nitrogen and oxygen atoms in total. The summed E-state index contributed by atoms with van der Waals surface area (Å²) >= 11 is 0. The van der Waals surface area contributed by atoms with Crippen LogP contribution >= 0.6 is 0 Å². The third-order valence-electron chi connectivity index (χ3n) is 6.41. The quantitative estimate of drug-likeness (QED) is 0.466. The highest BCUT2D eigenvalue weighted by Crippen LogP contribution is 2.46. The first-order valence-electron chi connectivity index (χ1n) is 11.1. The van der Waals surface area contributed by atoms with E-state index in [1.807, 2.05) is 0 Å². The number of aromatic nitrogens is 3. The van der Waals surface area contributed by atoms with Gasteiger partial charge in [0.25, 0.3) is 5.91 Å². The summed E-state index contributed by atoms with van der Waals surface area (Å²) in [5.74, 6) is -0.675. The average Bonchev–Trinajstić information content (AvgIpc) is 3.42. The van der Waals surface area contributed by atoms with Gasteiger partial charge in [-0.3, -0.25) is 9.20 Å². The summed E-state index contributed by atoms with van der Waals surface area (Å²) in [6.45, 7) is 1.05. The van der Waals surface area contributed by atoms with Crippen molar-refractivity contribution in [2.24, 2.45) is 0 Å². The number of rotatable bonds is 3. The van der Waals surface area contributed by atoms with Crippen LogP contribution in [0.15, 0.2) is 42.9 Å². The van der Waals surface area contributed by atoms with Crippen molar-refractivity contribution in [3.8, 4) is 11.5 Å². The molecule has 35 heavy (non-hydrogen) atoms. The number of hydrogen-bond donors (Lipinski definition) is 1. The van der Waals surface area contributed by atoms with Crippen molar-refractivity contribution in [2.45, 2.75) is 38.0 Å². The van der Waals surface area contributed by atoms with E-state index in [9.17, 15) is 13.6 Å². The van der Waals surface area contributed by atoms with E-state index in [-0.39, 0.29) is 23.2 Å². The summed E-state index contributed by atoms with van der Waals surface area (Å²) in [7, 11) is 0. The molecule has 0 radical (unpaired) electrons. The molecule has 1 amide bonds. The molecule has 6 rings (SSSR count). The van der Waals surface area contributed by atoms with Gasteiger partial charge < -0.3 is 20.1 Å². The Balaban J connectivity index is 1.39. The third kappa shape index (κ3) is 3.49. The molecule has 1 fully saturated rings. The number of imidazole rings is 1. The second-order valence-corrected chi connectivity index (χ2v) is 8.82. The lowest BCUT2D eigenvalue weighted by Gasteiger charge is -2.36. The molecule has 2 N–H and O–H groups in total. The number of piperidine rings is 1. The number of carbonyl (C=O) groups is 1. The largest absolute Gasteiger partial charge is 0.487 e. The summed E-state index contributed by atoms with van der Waals surface area (Å²) in [6, 6.07) is 6.60. The number of anilines is 1. The van der Waals surface area contributed by atoms with E-state index in [4.69, 9.17) is 10.5 Å². The molecule has 0 saturated carbocycles. The predicted molar refractivity (Wildman–Crippen MR) is 120 cm³/mol. The van der Waals surface area contributed by atoms with Gasteiger partial charge in [0.05, 0.1) is 35.2 Å². The number of amides is 1. The molecule has 0 spiro atoms. The second kappa shape index (κ2) is 7.49. The van der Waals surface area contributed by atoms with Gasteiger partial charge in [-0.2, -0.15) is 8.78 Å². The normalized spacial score (nSPS) is 19.5. The van der Waals surface area contributed by atoms with E-state index in [1.54, 1.807) is 21.6 Å². The van der Waals surface area contributed by atoms with Crippen LogP contribution < -0.4 is 15.2 Å². The van der Waals surface area contributed by atoms with Gasteiger partial charge in [-0.1, -0.05) is 0 Å². The molecule has 11 heteroatoms. The zero-order valence-electron chi connectivity index (χ0n) is 18.5. The van der Waals surface area contributed by atoms with Crippen LogP contribution in [0.4, 0.5) is 19.0 Å². The van der Waals surface area contributed by atoms with E-state index in [0.717, 1.165) is 0 Å². The fraction of sp³-hybridized carbons (Fsp3) is 0.292. The van der Waals surface area contributed by atoms with Crippen LogP contribution in [0.1, 0.15) is 41.7 Å². The van der Waals surface area contributed by atoms with Crippen LogP contribution in [-0.2, 0) is 0 Å². The highest BCUT2D eigenvalue weighted by Gasteiger charge is 2.44. The number of hydrogen-bond acceptors (Lipinski definition) is 6. The van der Waals surface area contributed by atoms with Crippen LogP contribution in [0.2, 0.25) is 0 Å². The number of likely N-dealkylation sites (tertiary alicyclic amines) is 1. The Morgan fingerprint density at radius 2 is 2.09 bits per heavy atom. The Morgan fingerprint density at radius 3 is 2.89 bits per heavy atom. The minimum Gasteiger partial charge on any atom is -0.487 e. The maximum absolute atomic E-state index is 15.2. The maximum Gasteiger partial charge on any atom is 0.394 e. The summed E-state index contributed by atoms with van der Waals surface area (Å²) < 4.78 is 54.0. The van der Waals surface area contributed by atoms with E-state index >= 15 is 4.39 Å². The Bertz CT molecular complexity index is 1500. The molecule has 2 aromatic carbocycles. The van der Waals surface area contributed by atoms with Crippen molar-refractivity contribution in [2.75, 3.05) is 12.3 Å². The number of nitrogens with two attached hydrogens (primary N) is 1. The molecule has 0 unspecified atom stereocenters. The number of alkyl halides is 2. The van der Waals surface area contributed by atoms with Crippen LogP contribution in [0.3, 0.4) is 0 Å². The third-order valence-corrected chi connectivity index (χ3v) is 6.41. The molecular formula is C24H20F3N5O3. The number of halogens is 3. The highest BCUT2D eigenvalue weighted by molar-refractivity contribution is 5.99. The Hall–Kier alpha value is -4.02. The lowest BCUT2D eigenvalue weighted by atomic mass is 9.93. The van der Waals surface area contributed by atoms with E-state index in [0.29, 0.717) is 54.2 Å². The molecule has 4 heterocycles. The molecule has 2 aliphatic heterocycles. The summed E-state index contributed by atoms with van der Waals surface area (Å²) in [5, 5.41) is 0. The molecular weight excluding hydrogens is 463 g/mol. The monoisotopic (exact) mass is 483 g/mol. The fourth-order valence-electron chi connectivity index (χ4n) is 4.99. The number of nitrogen functional groups attached to an aromatic ring is 1. The number of benzene rings is 2. The summed E-state index contributed by atoms with van der Waals surface area (Å²) in [5.41, 5.74) is 7.85. The fourth-order valence-corrected chi connectivity index (χ4v) is 4.99. The molecule has 1 saturated heterocycles. The van der Waals surface area contributed by atoms with E-state index in [2.05, 4.69) is 14.7 Å². The first kappa shape index (κ1) is 21.5. The molecule has 2 atom stereocenters. The van der Waals surface area contributed by atoms with Gasteiger partial charge in [0.15, 0.2) is 0 Å². The van der Waals surface area contributed by atoms with Gasteiger partial charge in [-0.05, 0) is 31.0 Å². The minimum absolute atomic E-state index is 0.0375. The zero-order valence-corrected chi connectivity index (χ0v) is 18.5. The molecule has 2 aliphatic rings. The average molecular weight is 483 g/mol. The van der Waals surface area contributed by atoms with E-state index < -0.39 is 23.9 Å². The Labute approximate surface area is 197 Å². The number of fused-ring (bicyclic) bond motifs is 6. The maximum atomic E-state index is 15.2. The van der Waals surface area contributed by atoms with Gasteiger partial charge in [0, 0.05) is 31.2 Å². The Morgan fingerprint density at radius 1 is 1.26 bits per heavy atom. The minimum atomic E-state index is -3.34. The summed E-state index contributed by atoms with van der Waals surface area (Å²) in [4.78, 5) is 23.5. The molecule has 0 bridgehead atoms. The number of carbonyl (C=O) groups excluding carboxylic acids is 1. The van der Waals surface area contributed by atoms with Crippen molar-refractivity contribution in [1.82, 2.24) is 19.3 Å². The van der Waals surface area contributed by atoms with Crippen LogP contribution in [0.25, 0.3) is 16.6 Å². The van der Waals surface area contributed by atoms with Gasteiger partial charge in [-0.25, -0.2) is 14.4 Å². The van der Waals surface area contributed by atoms with Crippen LogP contribution in [0, 0.1) is 5.82 Å². The molecule has 180 valence electrons. The highest BCUT2D eigenvalue weighted by atomic mass is 19.3. The lowest BCUT2D eigenvalue weighted by molar-refractivity contribution is -0.159. The van der Waals surface area contributed by atoms with Gasteiger partial charge in [0.2, 0.25) is 0 Å². The molecule has 4 aromatic rings. The number of nitrogens with zero attached hydrogens (tertiary/aromatic N) is 4. The topological polar surface area (TPSA) is 95.0 Å². The predicted octanol–water partition coefficient (Wildman–Crippen LogP) is 4.33. The summed E-state index contributed by atoms with van der Waals surface area (Å²) in [6.07, 6.45) is 0.680. The molecule has 0 aliphatic carbocycles. The molecule has 2 aromatic heterocycles. The lowest BCUT2D eigenvalue weighted by Crippen LogP contribution is -2.44. The van der Waals surface area contributed by atoms with Gasteiger partial charge >= 0.3 is 6.11 Å². The van der Waals surface area contributed by atoms with Gasteiger partial charge in [-0.15, -0.1) is 0 Å². The van der Waals surface area contributed by atoms with E-state index in [1.165, 1.54) is 30.6 Å². The smallest absolute Gasteiger partial charge is 0.394 e. The van der Waals surface area contributed by atoms with Crippen molar-refractivity contribution < 1.29 is 27.4 Å². The Kier molecular flexibility index (Phi) is 4.60. The van der Waals surface area contributed by atoms with Crippen LogP contribution in [-0.4, -0.2) is 43.9 Å². The van der Waals surface area contributed by atoms with Gasteiger partial charge in [0.1, 0.15) is 34.8 Å². The zero-order chi connectivity index (χ0) is 24.5. The standard InChI is InChI=1S/C24H20F3N5O3/c1-24(26,27)35-12-4-5-13-20(7-12)34-19-3-2-6-31(21(13)19)23(33)14-8-17-16(9-15(14)25)30-22(28)18-10-29-11-32(17)18/h4-5,7-11,19,21H,2-3,6H2,1H3,(H2,28,30)/t19-,21-/m1/s1. The SMILES string of the molecule is CC(F)(F)Oc1ccc2c(c1)O[C@@H]1CCCN(C(=O)c3cc4c(cc3F)nc(N)c3cncn34)[C@H]21. The van der Waals surface area contributed by atoms with Crippen molar-refractivity contribution in [3.63, 3.8) is 0 Å². The van der Waals surface area contributed by atoms with Crippen molar-refractivity contribution >= 4 is 28.3 Å². The van der Waals surface area contributed by atoms with Crippen molar-refractivity contribution in [1.29, 1.82) is 0 Å². The second-order valence-electron chi connectivity index (χ2n) is 8.82. The number of ether oxygens (including phenoxy) is 2. The van der Waals surface area contributed by atoms with Crippen LogP contribution in [0.5, 0.6) is 11.5 Å².